The molecule has 1 saturated heterocycles. The Hall–Kier alpha value is -2.84. The number of piperazine rings is 1. The highest BCUT2D eigenvalue weighted by Gasteiger charge is 2.21. The summed E-state index contributed by atoms with van der Waals surface area (Å²) in [5, 5.41) is 3.81. The summed E-state index contributed by atoms with van der Waals surface area (Å²) in [6.45, 7) is 4.58. The molecule has 0 amide bonds. The number of benzene rings is 2. The van der Waals surface area contributed by atoms with Gasteiger partial charge < -0.3 is 24.4 Å². The van der Waals surface area contributed by atoms with Crippen LogP contribution < -0.4 is 14.8 Å². The lowest BCUT2D eigenvalue weighted by molar-refractivity contribution is 0.0602. The van der Waals surface area contributed by atoms with E-state index < -0.39 is 0 Å². The van der Waals surface area contributed by atoms with E-state index in [0.29, 0.717) is 23.2 Å². The molecule has 2 aliphatic heterocycles. The smallest absolute Gasteiger partial charge is 0.339 e. The quantitative estimate of drug-likeness (QED) is 0.607. The SMILES string of the molecule is COC(=O)c1ccccc1NC(=S)N1CCN(Cc2ccc3c(c2)OCO3)CC1. The molecular formula is C21H23N3O4S. The van der Waals surface area contributed by atoms with Gasteiger partial charge in [-0.15, -0.1) is 0 Å². The standard InChI is InChI=1S/C21H23N3O4S/c1-26-20(25)16-4-2-3-5-17(16)22-21(29)24-10-8-23(9-11-24)13-15-6-7-18-19(12-15)28-14-27-18/h2-7,12H,8-11,13-14H2,1H3,(H,22,29). The molecule has 7 nitrogen and oxygen atoms in total. The Morgan fingerprint density at radius 1 is 1.10 bits per heavy atom. The van der Waals surface area contributed by atoms with Crippen molar-refractivity contribution in [1.82, 2.24) is 9.80 Å². The van der Waals surface area contributed by atoms with Crippen LogP contribution in [0.1, 0.15) is 15.9 Å². The third-order valence-electron chi connectivity index (χ3n) is 5.08. The first-order valence-corrected chi connectivity index (χ1v) is 9.89. The molecule has 2 aromatic rings. The van der Waals surface area contributed by atoms with Gasteiger partial charge in [-0.3, -0.25) is 4.90 Å². The first kappa shape index (κ1) is 19.5. The summed E-state index contributed by atoms with van der Waals surface area (Å²) in [5.74, 6) is 1.24. The molecule has 0 unspecified atom stereocenters. The summed E-state index contributed by atoms with van der Waals surface area (Å²) in [5.41, 5.74) is 2.33. The summed E-state index contributed by atoms with van der Waals surface area (Å²) < 4.78 is 15.7. The fourth-order valence-corrected chi connectivity index (χ4v) is 3.77. The third-order valence-corrected chi connectivity index (χ3v) is 5.44. The van der Waals surface area contributed by atoms with Crippen molar-refractivity contribution in [2.45, 2.75) is 6.54 Å². The second kappa shape index (κ2) is 8.67. The van der Waals surface area contributed by atoms with Gasteiger partial charge in [0.15, 0.2) is 16.6 Å². The van der Waals surface area contributed by atoms with Crippen LogP contribution in [0.3, 0.4) is 0 Å². The van der Waals surface area contributed by atoms with Gasteiger partial charge in [0.1, 0.15) is 0 Å². The van der Waals surface area contributed by atoms with Crippen LogP contribution in [-0.4, -0.2) is 61.0 Å². The molecular weight excluding hydrogens is 390 g/mol. The molecule has 2 heterocycles. The molecule has 0 atom stereocenters. The number of esters is 1. The molecule has 29 heavy (non-hydrogen) atoms. The number of anilines is 1. The predicted molar refractivity (Wildman–Crippen MR) is 113 cm³/mol. The fourth-order valence-electron chi connectivity index (χ4n) is 3.48. The molecule has 2 aromatic carbocycles. The average Bonchev–Trinajstić information content (AvgIpc) is 3.22. The maximum absolute atomic E-state index is 11.9. The normalized spacial score (nSPS) is 15.8. The molecule has 4 rings (SSSR count). The second-order valence-corrected chi connectivity index (χ2v) is 7.30. The minimum atomic E-state index is -0.385. The topological polar surface area (TPSA) is 63.3 Å². The molecule has 152 valence electrons. The molecule has 0 aromatic heterocycles. The van der Waals surface area contributed by atoms with Crippen molar-refractivity contribution in [3.8, 4) is 11.5 Å². The fraction of sp³-hybridized carbons (Fsp3) is 0.333. The van der Waals surface area contributed by atoms with E-state index in [4.69, 9.17) is 26.4 Å². The zero-order chi connectivity index (χ0) is 20.2. The number of nitrogens with one attached hydrogen (secondary N) is 1. The van der Waals surface area contributed by atoms with Gasteiger partial charge in [0.2, 0.25) is 6.79 Å². The minimum Gasteiger partial charge on any atom is -0.465 e. The monoisotopic (exact) mass is 413 g/mol. The molecule has 0 radical (unpaired) electrons. The summed E-state index contributed by atoms with van der Waals surface area (Å²) in [7, 11) is 1.37. The van der Waals surface area contributed by atoms with Crippen LogP contribution in [0.4, 0.5) is 5.69 Å². The number of fused-ring (bicyclic) bond motifs is 1. The zero-order valence-corrected chi connectivity index (χ0v) is 17.0. The Kier molecular flexibility index (Phi) is 5.82. The number of carbonyl (C=O) groups excluding carboxylic acids is 1. The number of nitrogens with zero attached hydrogens (tertiary/aromatic N) is 2. The van der Waals surface area contributed by atoms with Crippen LogP contribution in [0.15, 0.2) is 42.5 Å². The van der Waals surface area contributed by atoms with Crippen molar-refractivity contribution in [1.29, 1.82) is 0 Å². The average molecular weight is 413 g/mol. The highest BCUT2D eigenvalue weighted by atomic mass is 32.1. The van der Waals surface area contributed by atoms with Crippen molar-refractivity contribution < 1.29 is 19.0 Å². The van der Waals surface area contributed by atoms with E-state index in [1.54, 1.807) is 12.1 Å². The predicted octanol–water partition coefficient (Wildman–Crippen LogP) is 2.72. The lowest BCUT2D eigenvalue weighted by Crippen LogP contribution is -2.49. The zero-order valence-electron chi connectivity index (χ0n) is 16.2. The number of hydrogen-bond donors (Lipinski definition) is 1. The third kappa shape index (κ3) is 4.44. The van der Waals surface area contributed by atoms with E-state index in [9.17, 15) is 4.79 Å². The van der Waals surface area contributed by atoms with Crippen LogP contribution in [-0.2, 0) is 11.3 Å². The maximum atomic E-state index is 11.9. The van der Waals surface area contributed by atoms with Gasteiger partial charge in [-0.1, -0.05) is 18.2 Å². The van der Waals surface area contributed by atoms with Crippen LogP contribution in [0.2, 0.25) is 0 Å². The molecule has 0 spiro atoms. The number of rotatable bonds is 4. The number of ether oxygens (including phenoxy) is 3. The molecule has 0 aliphatic carbocycles. The van der Waals surface area contributed by atoms with Gasteiger partial charge in [-0.25, -0.2) is 4.79 Å². The Morgan fingerprint density at radius 2 is 1.86 bits per heavy atom. The van der Waals surface area contributed by atoms with E-state index in [0.717, 1.165) is 44.2 Å². The molecule has 0 saturated carbocycles. The van der Waals surface area contributed by atoms with Gasteiger partial charge in [-0.05, 0) is 42.0 Å². The second-order valence-electron chi connectivity index (χ2n) is 6.92. The maximum Gasteiger partial charge on any atom is 0.339 e. The van der Waals surface area contributed by atoms with Crippen molar-refractivity contribution in [3.63, 3.8) is 0 Å². The Labute approximate surface area is 175 Å². The number of thiocarbonyl (C=S) groups is 1. The van der Waals surface area contributed by atoms with Crippen molar-refractivity contribution >= 4 is 29.0 Å². The Morgan fingerprint density at radius 3 is 2.66 bits per heavy atom. The molecule has 1 fully saturated rings. The van der Waals surface area contributed by atoms with Crippen LogP contribution in [0.25, 0.3) is 0 Å². The van der Waals surface area contributed by atoms with Crippen molar-refractivity contribution in [2.75, 3.05) is 45.4 Å². The number of methoxy groups -OCH3 is 1. The van der Waals surface area contributed by atoms with Crippen LogP contribution in [0, 0.1) is 0 Å². The van der Waals surface area contributed by atoms with E-state index in [1.165, 1.54) is 12.7 Å². The molecule has 0 bridgehead atoms. The number of para-hydroxylation sites is 1. The number of carbonyl (C=O) groups is 1. The molecule has 8 heteroatoms. The Bertz CT molecular complexity index is 913. The summed E-state index contributed by atoms with van der Waals surface area (Å²) in [6, 6.07) is 13.3. The summed E-state index contributed by atoms with van der Waals surface area (Å²) in [6.07, 6.45) is 0. The molecule has 2 aliphatic rings. The highest BCUT2D eigenvalue weighted by molar-refractivity contribution is 7.80. The van der Waals surface area contributed by atoms with Crippen LogP contribution in [0.5, 0.6) is 11.5 Å². The van der Waals surface area contributed by atoms with Crippen molar-refractivity contribution in [3.05, 3.63) is 53.6 Å². The van der Waals surface area contributed by atoms with Gasteiger partial charge in [-0.2, -0.15) is 0 Å². The van der Waals surface area contributed by atoms with Crippen molar-refractivity contribution in [2.24, 2.45) is 0 Å². The van der Waals surface area contributed by atoms with E-state index >= 15 is 0 Å². The highest BCUT2D eigenvalue weighted by Crippen LogP contribution is 2.32. The van der Waals surface area contributed by atoms with Gasteiger partial charge in [0, 0.05) is 32.7 Å². The lowest BCUT2D eigenvalue weighted by Gasteiger charge is -2.36. The van der Waals surface area contributed by atoms with Gasteiger partial charge >= 0.3 is 5.97 Å². The first-order valence-electron chi connectivity index (χ1n) is 9.48. The minimum absolute atomic E-state index is 0.293. The number of hydrogen-bond acceptors (Lipinski definition) is 6. The summed E-state index contributed by atoms with van der Waals surface area (Å²) >= 11 is 5.57. The van der Waals surface area contributed by atoms with Crippen LogP contribution >= 0.6 is 12.2 Å². The van der Waals surface area contributed by atoms with E-state index in [2.05, 4.69) is 21.2 Å². The van der Waals surface area contributed by atoms with E-state index in [1.807, 2.05) is 24.3 Å². The molecule has 1 N–H and O–H groups in total. The van der Waals surface area contributed by atoms with Gasteiger partial charge in [0.25, 0.3) is 0 Å². The Balaban J connectivity index is 1.32. The van der Waals surface area contributed by atoms with Gasteiger partial charge in [0.05, 0.1) is 18.4 Å². The lowest BCUT2D eigenvalue weighted by atomic mass is 10.1. The first-order chi connectivity index (χ1) is 14.1. The summed E-state index contributed by atoms with van der Waals surface area (Å²) in [4.78, 5) is 16.4. The van der Waals surface area contributed by atoms with E-state index in [-0.39, 0.29) is 5.97 Å². The largest absolute Gasteiger partial charge is 0.465 e.